The van der Waals surface area contributed by atoms with Gasteiger partial charge in [0.15, 0.2) is 13.7 Å². The number of amides is 2. The molecular weight excluding hydrogens is 218 g/mol. The van der Waals surface area contributed by atoms with Crippen LogP contribution in [0.1, 0.15) is 6.92 Å². The van der Waals surface area contributed by atoms with Gasteiger partial charge in [0.05, 0.1) is 0 Å². The van der Waals surface area contributed by atoms with Gasteiger partial charge in [-0.05, 0) is 7.11 Å². The number of esters is 1. The first kappa shape index (κ1) is 12.0. The van der Waals surface area contributed by atoms with E-state index in [2.05, 4.69) is 4.74 Å². The molecule has 0 radical (unpaired) electrons. The van der Waals surface area contributed by atoms with Crippen LogP contribution in [0.4, 0.5) is 0 Å². The summed E-state index contributed by atoms with van der Waals surface area (Å²) in [5, 5.41) is 11.2. The van der Waals surface area contributed by atoms with E-state index in [0.29, 0.717) is 0 Å². The molecule has 1 aliphatic rings. The quantitative estimate of drug-likeness (QED) is 0.230. The zero-order valence-electron chi connectivity index (χ0n) is 9.10. The highest BCUT2D eigenvalue weighted by atomic mass is 16.6. The minimum atomic E-state index is -0.953. The standard InChI is InChI=1S/C9H11NO6/c1-5(11)10-4-6(14-2)16-7(8(10)12)9(13)15-3/h4H2,1-3H3. The Balaban J connectivity index is 3.13. The van der Waals surface area contributed by atoms with Crippen LogP contribution in [-0.4, -0.2) is 43.4 Å². The SMILES string of the molecule is CO/C([O-])=C1\OC(=[O+]C)CN(C(C)=O)C1=O. The first-order chi connectivity index (χ1) is 7.51. The van der Waals surface area contributed by atoms with Crippen molar-refractivity contribution < 1.29 is 28.6 Å². The number of methoxy groups -OCH3 is 1. The fourth-order valence-electron chi connectivity index (χ4n) is 1.10. The van der Waals surface area contributed by atoms with Gasteiger partial charge in [-0.25, -0.2) is 0 Å². The monoisotopic (exact) mass is 229 g/mol. The first-order valence-electron chi connectivity index (χ1n) is 4.36. The lowest BCUT2D eigenvalue weighted by Gasteiger charge is -2.21. The van der Waals surface area contributed by atoms with Crippen molar-refractivity contribution in [3.8, 4) is 0 Å². The summed E-state index contributed by atoms with van der Waals surface area (Å²) in [6.45, 7) is 1.07. The maximum Gasteiger partial charge on any atom is 0.512 e. The summed E-state index contributed by atoms with van der Waals surface area (Å²) < 4.78 is 14.0. The lowest BCUT2D eigenvalue weighted by Crippen LogP contribution is -2.47. The fraction of sp³-hybridized carbons (Fsp3) is 0.444. The number of rotatable bonds is 1. The summed E-state index contributed by atoms with van der Waals surface area (Å²) in [6, 6.07) is 0. The van der Waals surface area contributed by atoms with Gasteiger partial charge in [-0.3, -0.25) is 19.2 Å². The smallest absolute Gasteiger partial charge is 0.512 e. The van der Waals surface area contributed by atoms with Gasteiger partial charge in [0.25, 0.3) is 0 Å². The third kappa shape index (κ3) is 2.13. The van der Waals surface area contributed by atoms with Crippen LogP contribution in [0.15, 0.2) is 11.7 Å². The molecule has 1 aliphatic heterocycles. The molecule has 0 spiro atoms. The van der Waals surface area contributed by atoms with E-state index in [4.69, 9.17) is 9.16 Å². The summed E-state index contributed by atoms with van der Waals surface area (Å²) in [6.07, 6.45) is 0. The predicted octanol–water partition coefficient (Wildman–Crippen LogP) is -1.74. The fourth-order valence-corrected chi connectivity index (χ4v) is 1.10. The Morgan fingerprint density at radius 3 is 2.69 bits per heavy atom. The van der Waals surface area contributed by atoms with Crippen molar-refractivity contribution in [3.05, 3.63) is 11.7 Å². The second-order valence-electron chi connectivity index (χ2n) is 2.91. The molecule has 0 bridgehead atoms. The van der Waals surface area contributed by atoms with Crippen molar-refractivity contribution in [2.45, 2.75) is 6.92 Å². The molecule has 1 rings (SSSR count). The van der Waals surface area contributed by atoms with Crippen molar-refractivity contribution >= 4 is 17.8 Å². The van der Waals surface area contributed by atoms with Crippen LogP contribution in [0.3, 0.4) is 0 Å². The minimum Gasteiger partial charge on any atom is -0.612 e. The van der Waals surface area contributed by atoms with E-state index in [1.54, 1.807) is 0 Å². The van der Waals surface area contributed by atoms with Crippen molar-refractivity contribution in [3.63, 3.8) is 0 Å². The molecule has 7 heteroatoms. The minimum absolute atomic E-state index is 0.0183. The lowest BCUT2D eigenvalue weighted by atomic mass is 10.3. The summed E-state index contributed by atoms with van der Waals surface area (Å²) in [5.41, 5.74) is 0. The molecule has 0 unspecified atom stereocenters. The van der Waals surface area contributed by atoms with Crippen LogP contribution in [0.5, 0.6) is 0 Å². The van der Waals surface area contributed by atoms with Gasteiger partial charge in [0.1, 0.15) is 5.95 Å². The van der Waals surface area contributed by atoms with E-state index in [0.717, 1.165) is 12.0 Å². The van der Waals surface area contributed by atoms with Crippen LogP contribution < -0.4 is 5.11 Å². The molecule has 0 aromatic rings. The van der Waals surface area contributed by atoms with E-state index in [1.165, 1.54) is 14.0 Å². The maximum atomic E-state index is 11.6. The molecule has 0 N–H and O–H groups in total. The van der Waals surface area contributed by atoms with Gasteiger partial charge in [0, 0.05) is 6.92 Å². The Kier molecular flexibility index (Phi) is 3.49. The average molecular weight is 229 g/mol. The van der Waals surface area contributed by atoms with E-state index in [1.807, 2.05) is 0 Å². The van der Waals surface area contributed by atoms with E-state index >= 15 is 0 Å². The number of hydrogen-bond acceptors (Lipinski definition) is 5. The Hall–Kier alpha value is -2.05. The van der Waals surface area contributed by atoms with Crippen molar-refractivity contribution in [1.29, 1.82) is 0 Å². The van der Waals surface area contributed by atoms with E-state index < -0.39 is 23.5 Å². The van der Waals surface area contributed by atoms with Gasteiger partial charge in [-0.1, -0.05) is 0 Å². The summed E-state index contributed by atoms with van der Waals surface area (Å²) >= 11 is 0. The van der Waals surface area contributed by atoms with Crippen LogP contribution in [0, 0.1) is 0 Å². The Morgan fingerprint density at radius 2 is 2.25 bits per heavy atom. The zero-order chi connectivity index (χ0) is 12.3. The highest BCUT2D eigenvalue weighted by molar-refractivity contribution is 6.07. The van der Waals surface area contributed by atoms with Crippen LogP contribution in [-0.2, 0) is 23.5 Å². The average Bonchev–Trinajstić information content (AvgIpc) is 2.28. The Labute approximate surface area is 91.5 Å². The third-order valence-corrected chi connectivity index (χ3v) is 1.92. The van der Waals surface area contributed by atoms with Crippen molar-refractivity contribution in [1.82, 2.24) is 4.90 Å². The number of carbonyl (C=O) groups is 2. The Morgan fingerprint density at radius 1 is 1.62 bits per heavy atom. The lowest BCUT2D eigenvalue weighted by molar-refractivity contribution is -0.433. The molecule has 0 saturated carbocycles. The molecule has 1 fully saturated rings. The number of imide groups is 1. The molecule has 16 heavy (non-hydrogen) atoms. The molecule has 0 aliphatic carbocycles. The number of hydrogen-bond donors (Lipinski definition) is 0. The van der Waals surface area contributed by atoms with Crippen LogP contribution >= 0.6 is 0 Å². The summed E-state index contributed by atoms with van der Waals surface area (Å²) in [7, 11) is 2.41. The number of carbonyl (C=O) groups excluding carboxylic acids is 3. The second kappa shape index (κ2) is 4.65. The van der Waals surface area contributed by atoms with Gasteiger partial charge in [-0.2, -0.15) is 0 Å². The predicted molar refractivity (Wildman–Crippen MR) is 48.4 cm³/mol. The van der Waals surface area contributed by atoms with Gasteiger partial charge in [0.2, 0.25) is 5.91 Å². The van der Waals surface area contributed by atoms with Gasteiger partial charge < -0.3 is 14.3 Å². The van der Waals surface area contributed by atoms with Gasteiger partial charge >= 0.3 is 17.6 Å². The van der Waals surface area contributed by atoms with Crippen molar-refractivity contribution in [2.24, 2.45) is 0 Å². The molecule has 0 aromatic heterocycles. The van der Waals surface area contributed by atoms with Gasteiger partial charge in [-0.15, -0.1) is 0 Å². The number of cyclic esters (lactones) is 1. The molecule has 0 aromatic carbocycles. The molecular formula is C9H11NO6. The topological polar surface area (TPSA) is 90.2 Å². The normalized spacial score (nSPS) is 21.8. The molecule has 2 amide bonds. The molecule has 1 saturated heterocycles. The maximum absolute atomic E-state index is 11.6. The molecule has 0 atom stereocenters. The van der Waals surface area contributed by atoms with Crippen LogP contribution in [0.2, 0.25) is 0 Å². The highest BCUT2D eigenvalue weighted by Crippen LogP contribution is 2.14. The first-order valence-corrected chi connectivity index (χ1v) is 4.36. The number of morpholine rings is 1. The molecule has 1 heterocycles. The number of nitrogens with zero attached hydrogens (tertiary/aromatic N) is 1. The highest BCUT2D eigenvalue weighted by Gasteiger charge is 2.41. The van der Waals surface area contributed by atoms with E-state index in [9.17, 15) is 14.7 Å². The number of ether oxygens (including phenoxy) is 2. The second-order valence-corrected chi connectivity index (χ2v) is 2.91. The molecule has 7 nitrogen and oxygen atoms in total. The zero-order valence-corrected chi connectivity index (χ0v) is 9.10. The Bertz CT molecular complexity index is 383. The largest absolute Gasteiger partial charge is 0.612 e. The van der Waals surface area contributed by atoms with Crippen LogP contribution in [0.25, 0.3) is 0 Å². The third-order valence-electron chi connectivity index (χ3n) is 1.92. The summed E-state index contributed by atoms with van der Waals surface area (Å²) in [5.74, 6) is -2.90. The van der Waals surface area contributed by atoms with E-state index in [-0.39, 0.29) is 12.5 Å². The molecule has 88 valence electrons. The summed E-state index contributed by atoms with van der Waals surface area (Å²) in [4.78, 5) is 23.6. The van der Waals surface area contributed by atoms with Crippen molar-refractivity contribution in [2.75, 3.05) is 20.8 Å².